The summed E-state index contributed by atoms with van der Waals surface area (Å²) in [6.07, 6.45) is 0.463. The second-order valence-electron chi connectivity index (χ2n) is 5.57. The number of carboxylic acid groups (broad SMARTS) is 1. The minimum Gasteiger partial charge on any atom is -0.480 e. The van der Waals surface area contributed by atoms with Crippen molar-refractivity contribution >= 4 is 11.9 Å². The summed E-state index contributed by atoms with van der Waals surface area (Å²) in [7, 11) is 0. The lowest BCUT2D eigenvalue weighted by atomic mass is 10.1. The third-order valence-corrected chi connectivity index (χ3v) is 3.68. The number of hydrogen-bond donors (Lipinski definition) is 1. The number of carbonyl (C=O) groups is 2. The van der Waals surface area contributed by atoms with Crippen molar-refractivity contribution in [3.63, 3.8) is 0 Å². The minimum atomic E-state index is -1.08. The van der Waals surface area contributed by atoms with Crippen LogP contribution in [0.2, 0.25) is 0 Å². The Balaban J connectivity index is 2.10. The molecule has 0 aromatic heterocycles. The fraction of sp³-hybridized carbons (Fsp3) is 0.467. The lowest BCUT2D eigenvalue weighted by Gasteiger charge is -2.25. The summed E-state index contributed by atoms with van der Waals surface area (Å²) >= 11 is 0. The molecule has 1 amide bonds. The van der Waals surface area contributed by atoms with Gasteiger partial charge in [-0.15, -0.1) is 0 Å². The average Bonchev–Trinajstić information content (AvgIpc) is 3.14. The van der Waals surface area contributed by atoms with Crippen molar-refractivity contribution < 1.29 is 23.5 Å². The van der Waals surface area contributed by atoms with E-state index in [0.29, 0.717) is 12.0 Å². The van der Waals surface area contributed by atoms with E-state index < -0.39 is 23.5 Å². The van der Waals surface area contributed by atoms with Crippen LogP contribution in [-0.2, 0) is 9.59 Å². The van der Waals surface area contributed by atoms with Gasteiger partial charge in [0.05, 0.1) is 0 Å². The first-order valence-electron chi connectivity index (χ1n) is 6.78. The standard InChI is InChI=1S/C15H17F2NO3/c1-8(2)18(7-14(19)20)15(21)12-6-11(12)10-4-3-9(16)5-13(10)17/h3-5,8,11-12H,6-7H2,1-2H3,(H,19,20). The lowest BCUT2D eigenvalue weighted by Crippen LogP contribution is -2.41. The number of carbonyl (C=O) groups excluding carboxylic acids is 1. The first-order chi connectivity index (χ1) is 9.81. The number of benzene rings is 1. The van der Waals surface area contributed by atoms with Gasteiger partial charge in [-0.2, -0.15) is 0 Å². The van der Waals surface area contributed by atoms with E-state index in [0.717, 1.165) is 12.1 Å². The van der Waals surface area contributed by atoms with E-state index in [9.17, 15) is 18.4 Å². The summed E-state index contributed by atoms with van der Waals surface area (Å²) in [5, 5.41) is 8.85. The van der Waals surface area contributed by atoms with Crippen molar-refractivity contribution in [2.75, 3.05) is 6.54 Å². The van der Waals surface area contributed by atoms with Crippen LogP contribution in [0.4, 0.5) is 8.78 Å². The summed E-state index contributed by atoms with van der Waals surface area (Å²) in [5.41, 5.74) is 0.314. The summed E-state index contributed by atoms with van der Waals surface area (Å²) in [4.78, 5) is 24.4. The molecule has 1 saturated carbocycles. The van der Waals surface area contributed by atoms with Crippen LogP contribution in [0.25, 0.3) is 0 Å². The molecule has 0 bridgehead atoms. The first kappa shape index (κ1) is 15.4. The van der Waals surface area contributed by atoms with Crippen LogP contribution in [0.15, 0.2) is 18.2 Å². The second-order valence-corrected chi connectivity index (χ2v) is 5.57. The zero-order chi connectivity index (χ0) is 15.7. The highest BCUT2D eigenvalue weighted by atomic mass is 19.1. The Morgan fingerprint density at radius 2 is 2.05 bits per heavy atom. The normalized spacial score (nSPS) is 20.4. The highest BCUT2D eigenvalue weighted by Gasteiger charge is 2.47. The summed E-state index contributed by atoms with van der Waals surface area (Å²) in [5.74, 6) is -3.41. The van der Waals surface area contributed by atoms with Gasteiger partial charge in [-0.1, -0.05) is 6.07 Å². The monoisotopic (exact) mass is 297 g/mol. The van der Waals surface area contributed by atoms with Crippen LogP contribution in [0, 0.1) is 17.6 Å². The molecular weight excluding hydrogens is 280 g/mol. The summed E-state index contributed by atoms with van der Waals surface area (Å²) in [6.45, 7) is 3.10. The smallest absolute Gasteiger partial charge is 0.323 e. The number of rotatable bonds is 5. The Morgan fingerprint density at radius 1 is 1.38 bits per heavy atom. The van der Waals surface area contributed by atoms with Gasteiger partial charge in [0.1, 0.15) is 18.2 Å². The van der Waals surface area contributed by atoms with E-state index in [1.54, 1.807) is 13.8 Å². The predicted molar refractivity (Wildman–Crippen MR) is 71.7 cm³/mol. The van der Waals surface area contributed by atoms with Crippen LogP contribution in [-0.4, -0.2) is 34.5 Å². The molecule has 1 aromatic rings. The van der Waals surface area contributed by atoms with Crippen LogP contribution >= 0.6 is 0 Å². The van der Waals surface area contributed by atoms with Crippen LogP contribution in [0.1, 0.15) is 31.7 Å². The molecule has 0 saturated heterocycles. The molecule has 1 aromatic carbocycles. The van der Waals surface area contributed by atoms with Crippen LogP contribution in [0.3, 0.4) is 0 Å². The number of hydrogen-bond acceptors (Lipinski definition) is 2. The van der Waals surface area contributed by atoms with Gasteiger partial charge < -0.3 is 10.0 Å². The average molecular weight is 297 g/mol. The van der Waals surface area contributed by atoms with Crippen molar-refractivity contribution in [1.82, 2.24) is 4.90 Å². The van der Waals surface area contributed by atoms with Gasteiger partial charge >= 0.3 is 5.97 Å². The Hall–Kier alpha value is -1.98. The number of aliphatic carboxylic acids is 1. The van der Waals surface area contributed by atoms with E-state index in [-0.39, 0.29) is 24.4 Å². The van der Waals surface area contributed by atoms with Gasteiger partial charge in [-0.25, -0.2) is 8.78 Å². The summed E-state index contributed by atoms with van der Waals surface area (Å²) in [6, 6.07) is 3.06. The molecule has 1 N–H and O–H groups in total. The van der Waals surface area contributed by atoms with E-state index in [2.05, 4.69) is 0 Å². The fourth-order valence-electron chi connectivity index (χ4n) is 2.49. The van der Waals surface area contributed by atoms with Gasteiger partial charge in [0.2, 0.25) is 5.91 Å². The molecule has 2 atom stereocenters. The second kappa shape index (κ2) is 5.79. The lowest BCUT2D eigenvalue weighted by molar-refractivity contribution is -0.146. The molecule has 21 heavy (non-hydrogen) atoms. The molecule has 1 aliphatic rings. The molecule has 0 spiro atoms. The van der Waals surface area contributed by atoms with Crippen molar-refractivity contribution in [1.29, 1.82) is 0 Å². The van der Waals surface area contributed by atoms with E-state index in [1.165, 1.54) is 11.0 Å². The maximum absolute atomic E-state index is 13.7. The molecule has 2 rings (SSSR count). The highest BCUT2D eigenvalue weighted by molar-refractivity contribution is 5.86. The Morgan fingerprint density at radius 3 is 2.57 bits per heavy atom. The number of nitrogens with zero attached hydrogens (tertiary/aromatic N) is 1. The minimum absolute atomic E-state index is 0.243. The fourth-order valence-corrected chi connectivity index (χ4v) is 2.49. The molecule has 0 heterocycles. The summed E-state index contributed by atoms with van der Waals surface area (Å²) < 4.78 is 26.6. The molecule has 0 radical (unpaired) electrons. The van der Waals surface area contributed by atoms with E-state index in [1.807, 2.05) is 0 Å². The van der Waals surface area contributed by atoms with Crippen molar-refractivity contribution in [2.24, 2.45) is 5.92 Å². The largest absolute Gasteiger partial charge is 0.480 e. The van der Waals surface area contributed by atoms with E-state index in [4.69, 9.17) is 5.11 Å². The molecule has 1 aliphatic carbocycles. The van der Waals surface area contributed by atoms with E-state index >= 15 is 0 Å². The van der Waals surface area contributed by atoms with Gasteiger partial charge in [-0.3, -0.25) is 9.59 Å². The van der Waals surface area contributed by atoms with Gasteiger partial charge in [-0.05, 0) is 37.8 Å². The molecule has 4 nitrogen and oxygen atoms in total. The van der Waals surface area contributed by atoms with Crippen molar-refractivity contribution in [2.45, 2.75) is 32.2 Å². The Labute approximate surface area is 121 Å². The van der Waals surface area contributed by atoms with Gasteiger partial charge in [0.25, 0.3) is 0 Å². The maximum atomic E-state index is 13.7. The van der Waals surface area contributed by atoms with Crippen molar-refractivity contribution in [3.05, 3.63) is 35.4 Å². The van der Waals surface area contributed by atoms with Gasteiger partial charge in [0, 0.05) is 18.0 Å². The topological polar surface area (TPSA) is 57.6 Å². The molecule has 114 valence electrons. The highest BCUT2D eigenvalue weighted by Crippen LogP contribution is 2.49. The maximum Gasteiger partial charge on any atom is 0.323 e. The molecular formula is C15H17F2NO3. The predicted octanol–water partition coefficient (Wildman–Crippen LogP) is 2.39. The number of halogens is 2. The number of carboxylic acids is 1. The Kier molecular flexibility index (Phi) is 4.25. The molecule has 6 heteroatoms. The zero-order valence-corrected chi connectivity index (χ0v) is 11.8. The van der Waals surface area contributed by atoms with Crippen LogP contribution in [0.5, 0.6) is 0 Å². The molecule has 1 fully saturated rings. The molecule has 0 aliphatic heterocycles. The van der Waals surface area contributed by atoms with Gasteiger partial charge in [0.15, 0.2) is 0 Å². The third-order valence-electron chi connectivity index (χ3n) is 3.68. The third kappa shape index (κ3) is 3.37. The number of amides is 1. The van der Waals surface area contributed by atoms with Crippen molar-refractivity contribution in [3.8, 4) is 0 Å². The first-order valence-corrected chi connectivity index (χ1v) is 6.78. The Bertz CT molecular complexity index is 574. The van der Waals surface area contributed by atoms with Crippen LogP contribution < -0.4 is 0 Å². The quantitative estimate of drug-likeness (QED) is 0.908. The SMILES string of the molecule is CC(C)N(CC(=O)O)C(=O)C1CC1c1ccc(F)cc1F. The zero-order valence-electron chi connectivity index (χ0n) is 11.8. The molecule has 2 unspecified atom stereocenters.